The monoisotopic (exact) mass is 369 g/mol. The second-order valence-electron chi connectivity index (χ2n) is 7.95. The zero-order valence-corrected chi connectivity index (χ0v) is 15.9. The molecule has 1 N–H and O–H groups in total. The van der Waals surface area contributed by atoms with Gasteiger partial charge < -0.3 is 9.84 Å². The summed E-state index contributed by atoms with van der Waals surface area (Å²) in [5.41, 5.74) is 1.18. The number of halogens is 1. The van der Waals surface area contributed by atoms with E-state index in [1.165, 1.54) is 6.07 Å². The molecule has 2 aromatic carbocycles. The Bertz CT molecular complexity index is 795. The van der Waals surface area contributed by atoms with Gasteiger partial charge >= 0.3 is 0 Å². The van der Waals surface area contributed by atoms with Gasteiger partial charge in [0.1, 0.15) is 11.6 Å². The van der Waals surface area contributed by atoms with Crippen LogP contribution in [0.2, 0.25) is 0 Å². The van der Waals surface area contributed by atoms with Crippen LogP contribution in [0, 0.1) is 11.7 Å². The summed E-state index contributed by atoms with van der Waals surface area (Å²) < 4.78 is 20.0. The van der Waals surface area contributed by atoms with E-state index >= 15 is 0 Å². The molecule has 3 atom stereocenters. The Labute approximate surface area is 160 Å². The van der Waals surface area contributed by atoms with Gasteiger partial charge in [-0.2, -0.15) is 0 Å². The lowest BCUT2D eigenvalue weighted by atomic mass is 9.66. The van der Waals surface area contributed by atoms with Crippen molar-refractivity contribution in [2.45, 2.75) is 50.3 Å². The second-order valence-corrected chi connectivity index (χ2v) is 7.95. The average molecular weight is 369 g/mol. The van der Waals surface area contributed by atoms with Crippen molar-refractivity contribution in [1.29, 1.82) is 0 Å². The van der Waals surface area contributed by atoms with E-state index < -0.39 is 5.60 Å². The van der Waals surface area contributed by atoms with E-state index in [-0.39, 0.29) is 17.8 Å². The Kier molecular flexibility index (Phi) is 5.20. The number of para-hydroxylation sites is 1. The molecule has 2 fully saturated rings. The van der Waals surface area contributed by atoms with Crippen molar-refractivity contribution < 1.29 is 14.2 Å². The fourth-order valence-corrected chi connectivity index (χ4v) is 5.09. The zero-order valence-electron chi connectivity index (χ0n) is 15.9. The molecule has 1 aliphatic heterocycles. The molecule has 1 heterocycles. The van der Waals surface area contributed by atoms with E-state index in [2.05, 4.69) is 11.0 Å². The summed E-state index contributed by atoms with van der Waals surface area (Å²) in [5.74, 6) is 0.819. The fraction of sp³-hybridized carbons (Fsp3) is 0.478. The number of fused-ring (bicyclic) bond motifs is 1. The molecule has 0 aromatic heterocycles. The second kappa shape index (κ2) is 7.61. The molecular weight excluding hydrogens is 341 g/mol. The first-order valence-corrected chi connectivity index (χ1v) is 9.95. The molecule has 1 saturated carbocycles. The fourth-order valence-electron chi connectivity index (χ4n) is 5.09. The number of ether oxygens (including phenoxy) is 1. The number of piperidine rings is 1. The maximum absolute atomic E-state index is 14.3. The average Bonchev–Trinajstić information content (AvgIpc) is 2.69. The van der Waals surface area contributed by atoms with E-state index in [1.807, 2.05) is 30.3 Å². The molecule has 4 rings (SSSR count). The van der Waals surface area contributed by atoms with Crippen molar-refractivity contribution in [3.63, 3.8) is 0 Å². The molecule has 4 heteroatoms. The summed E-state index contributed by atoms with van der Waals surface area (Å²) in [6.45, 7) is 1.30. The van der Waals surface area contributed by atoms with E-state index in [1.54, 1.807) is 13.2 Å². The van der Waals surface area contributed by atoms with Gasteiger partial charge in [-0.15, -0.1) is 0 Å². The summed E-state index contributed by atoms with van der Waals surface area (Å²) in [6.07, 6.45) is 4.81. The van der Waals surface area contributed by atoms with E-state index in [0.29, 0.717) is 12.1 Å². The summed E-state index contributed by atoms with van der Waals surface area (Å²) >= 11 is 0. The highest BCUT2D eigenvalue weighted by Gasteiger charge is 2.49. The van der Waals surface area contributed by atoms with E-state index in [0.717, 1.165) is 50.0 Å². The summed E-state index contributed by atoms with van der Waals surface area (Å²) in [7, 11) is 1.69. The van der Waals surface area contributed by atoms with Gasteiger partial charge in [-0.1, -0.05) is 49.2 Å². The molecule has 0 bridgehead atoms. The van der Waals surface area contributed by atoms with Crippen LogP contribution in [0.4, 0.5) is 4.39 Å². The molecule has 0 spiro atoms. The predicted octanol–water partition coefficient (Wildman–Crippen LogP) is 4.70. The zero-order chi connectivity index (χ0) is 18.9. The third kappa shape index (κ3) is 3.48. The number of benzene rings is 2. The van der Waals surface area contributed by atoms with Gasteiger partial charge in [0.15, 0.2) is 0 Å². The van der Waals surface area contributed by atoms with Gasteiger partial charge in [0, 0.05) is 36.2 Å². The van der Waals surface area contributed by atoms with Crippen molar-refractivity contribution in [3.8, 4) is 5.75 Å². The topological polar surface area (TPSA) is 32.7 Å². The van der Waals surface area contributed by atoms with E-state index in [4.69, 9.17) is 4.74 Å². The lowest BCUT2D eigenvalue weighted by Crippen LogP contribution is -2.54. The smallest absolute Gasteiger partial charge is 0.127 e. The quantitative estimate of drug-likeness (QED) is 0.848. The normalized spacial score (nSPS) is 28.6. The molecule has 0 radical (unpaired) electrons. The highest BCUT2D eigenvalue weighted by Crippen LogP contribution is 2.51. The van der Waals surface area contributed by atoms with Crippen LogP contribution in [0.3, 0.4) is 0 Å². The summed E-state index contributed by atoms with van der Waals surface area (Å²) in [5, 5.41) is 11.4. The number of aliphatic hydroxyl groups is 1. The van der Waals surface area contributed by atoms with Crippen LogP contribution in [0.5, 0.6) is 5.75 Å². The standard InChI is InChI=1S/C23H28FNO2/c1-27-21-12-5-3-9-18(21)22-19-10-6-7-13-23(19,26)14-15-25(22)16-17-8-2-4-11-20(17)24/h2-5,8-9,11-12,19,22,26H,6-7,10,13-16H2,1H3/t19-,22-,23-/m1/s1. The summed E-state index contributed by atoms with van der Waals surface area (Å²) in [6, 6.07) is 15.1. The highest BCUT2D eigenvalue weighted by atomic mass is 19.1. The van der Waals surface area contributed by atoms with Crippen LogP contribution in [-0.4, -0.2) is 29.3 Å². The third-order valence-corrected chi connectivity index (χ3v) is 6.46. The molecule has 0 unspecified atom stereocenters. The number of nitrogens with zero attached hydrogens (tertiary/aromatic N) is 1. The van der Waals surface area contributed by atoms with Crippen molar-refractivity contribution in [1.82, 2.24) is 4.90 Å². The molecule has 3 nitrogen and oxygen atoms in total. The number of hydrogen-bond acceptors (Lipinski definition) is 3. The summed E-state index contributed by atoms with van der Waals surface area (Å²) in [4.78, 5) is 2.33. The van der Waals surface area contributed by atoms with E-state index in [9.17, 15) is 9.50 Å². The van der Waals surface area contributed by atoms with Gasteiger partial charge in [0.25, 0.3) is 0 Å². The molecular formula is C23H28FNO2. The Balaban J connectivity index is 1.74. The van der Waals surface area contributed by atoms with Gasteiger partial charge in [-0.3, -0.25) is 4.90 Å². The molecule has 2 aliphatic rings. The minimum atomic E-state index is -0.629. The molecule has 0 amide bonds. The first-order valence-electron chi connectivity index (χ1n) is 9.95. The lowest BCUT2D eigenvalue weighted by molar-refractivity contribution is -0.126. The Morgan fingerprint density at radius 2 is 1.89 bits per heavy atom. The first-order chi connectivity index (χ1) is 13.1. The molecule has 144 valence electrons. The number of rotatable bonds is 4. The van der Waals surface area contributed by atoms with Crippen molar-refractivity contribution in [2.24, 2.45) is 5.92 Å². The van der Waals surface area contributed by atoms with Crippen LogP contribution in [0.15, 0.2) is 48.5 Å². The maximum Gasteiger partial charge on any atom is 0.127 e. The minimum absolute atomic E-state index is 0.0276. The van der Waals surface area contributed by atoms with Gasteiger partial charge in [-0.05, 0) is 31.4 Å². The van der Waals surface area contributed by atoms with Gasteiger partial charge in [-0.25, -0.2) is 4.39 Å². The SMILES string of the molecule is COc1ccccc1[C@@H]1[C@H]2CCCC[C@@]2(O)CCN1Cc1ccccc1F. The van der Waals surface area contributed by atoms with Crippen molar-refractivity contribution >= 4 is 0 Å². The minimum Gasteiger partial charge on any atom is -0.496 e. The van der Waals surface area contributed by atoms with Crippen LogP contribution >= 0.6 is 0 Å². The Hall–Kier alpha value is -1.91. The van der Waals surface area contributed by atoms with Crippen LogP contribution in [0.25, 0.3) is 0 Å². The highest BCUT2D eigenvalue weighted by molar-refractivity contribution is 5.37. The number of likely N-dealkylation sites (tertiary alicyclic amines) is 1. The third-order valence-electron chi connectivity index (χ3n) is 6.46. The van der Waals surface area contributed by atoms with Crippen LogP contribution in [0.1, 0.15) is 49.3 Å². The molecule has 2 aromatic rings. The molecule has 27 heavy (non-hydrogen) atoms. The first kappa shape index (κ1) is 18.5. The number of hydrogen-bond donors (Lipinski definition) is 1. The van der Waals surface area contributed by atoms with Crippen molar-refractivity contribution in [2.75, 3.05) is 13.7 Å². The Morgan fingerprint density at radius 1 is 1.11 bits per heavy atom. The van der Waals surface area contributed by atoms with Gasteiger partial charge in [0.2, 0.25) is 0 Å². The largest absolute Gasteiger partial charge is 0.496 e. The Morgan fingerprint density at radius 3 is 2.70 bits per heavy atom. The van der Waals surface area contributed by atoms with Crippen LogP contribution in [-0.2, 0) is 6.54 Å². The molecule has 1 saturated heterocycles. The lowest BCUT2D eigenvalue weighted by Gasteiger charge is -2.53. The van der Waals surface area contributed by atoms with Crippen LogP contribution < -0.4 is 4.74 Å². The molecule has 1 aliphatic carbocycles. The van der Waals surface area contributed by atoms with Crippen molar-refractivity contribution in [3.05, 3.63) is 65.5 Å². The maximum atomic E-state index is 14.3. The van der Waals surface area contributed by atoms with Gasteiger partial charge in [0.05, 0.1) is 12.7 Å². The predicted molar refractivity (Wildman–Crippen MR) is 104 cm³/mol. The number of methoxy groups -OCH3 is 1.